The Morgan fingerprint density at radius 1 is 1.20 bits per heavy atom. The van der Waals surface area contributed by atoms with E-state index in [0.29, 0.717) is 6.54 Å². The van der Waals surface area contributed by atoms with Crippen molar-refractivity contribution < 1.29 is 0 Å². The topological polar surface area (TPSA) is 37.8 Å². The summed E-state index contributed by atoms with van der Waals surface area (Å²) in [7, 11) is 0. The van der Waals surface area contributed by atoms with Crippen LogP contribution < -0.4 is 5.32 Å². The van der Waals surface area contributed by atoms with E-state index in [0.717, 1.165) is 16.3 Å². The maximum absolute atomic E-state index is 5.86. The van der Waals surface area contributed by atoms with Crippen molar-refractivity contribution in [3.05, 3.63) is 53.6 Å². The van der Waals surface area contributed by atoms with Gasteiger partial charge in [-0.05, 0) is 18.2 Å². The first-order chi connectivity index (χ1) is 7.34. The molecule has 0 unspecified atom stereocenters. The first-order valence-electron chi connectivity index (χ1n) is 4.58. The fraction of sp³-hybridized carbons (Fsp3) is 0.0909. The highest BCUT2D eigenvalue weighted by atomic mass is 35.5. The van der Waals surface area contributed by atoms with E-state index < -0.39 is 0 Å². The highest BCUT2D eigenvalue weighted by Crippen LogP contribution is 2.15. The van der Waals surface area contributed by atoms with Crippen molar-refractivity contribution in [1.29, 1.82) is 0 Å². The molecule has 1 aromatic heterocycles. The molecule has 0 aliphatic carbocycles. The number of nitrogens with one attached hydrogen (secondary N) is 1. The van der Waals surface area contributed by atoms with Gasteiger partial charge in [-0.1, -0.05) is 17.7 Å². The van der Waals surface area contributed by atoms with E-state index in [-0.39, 0.29) is 0 Å². The van der Waals surface area contributed by atoms with Crippen LogP contribution in [0.3, 0.4) is 0 Å². The SMILES string of the molecule is Clc1cccc(NCc2cncnc2)c1. The molecule has 0 aliphatic rings. The van der Waals surface area contributed by atoms with Crippen LogP contribution in [0.1, 0.15) is 5.56 Å². The Hall–Kier alpha value is -1.61. The number of nitrogens with zero attached hydrogens (tertiary/aromatic N) is 2. The molecule has 0 fully saturated rings. The standard InChI is InChI=1S/C11H10ClN3/c12-10-2-1-3-11(4-10)15-7-9-5-13-8-14-6-9/h1-6,8,15H,7H2. The quantitative estimate of drug-likeness (QED) is 0.863. The van der Waals surface area contributed by atoms with Crippen molar-refractivity contribution in [3.8, 4) is 0 Å². The van der Waals surface area contributed by atoms with E-state index in [1.807, 2.05) is 24.3 Å². The summed E-state index contributed by atoms with van der Waals surface area (Å²) in [4.78, 5) is 7.87. The summed E-state index contributed by atoms with van der Waals surface area (Å²) in [6.45, 7) is 0.696. The fourth-order valence-electron chi connectivity index (χ4n) is 1.22. The highest BCUT2D eigenvalue weighted by Gasteiger charge is 1.94. The Morgan fingerprint density at radius 2 is 2.00 bits per heavy atom. The van der Waals surface area contributed by atoms with E-state index in [1.165, 1.54) is 6.33 Å². The number of halogens is 1. The number of hydrogen-bond acceptors (Lipinski definition) is 3. The van der Waals surface area contributed by atoms with Gasteiger partial charge < -0.3 is 5.32 Å². The molecule has 0 atom stereocenters. The van der Waals surface area contributed by atoms with Crippen molar-refractivity contribution in [3.63, 3.8) is 0 Å². The number of rotatable bonds is 3. The Labute approximate surface area is 93.1 Å². The van der Waals surface area contributed by atoms with Crippen molar-refractivity contribution in [2.75, 3.05) is 5.32 Å². The predicted octanol–water partition coefficient (Wildman–Crippen LogP) is 2.74. The van der Waals surface area contributed by atoms with Gasteiger partial charge in [-0.25, -0.2) is 9.97 Å². The van der Waals surface area contributed by atoms with Gasteiger partial charge in [0.2, 0.25) is 0 Å². The van der Waals surface area contributed by atoms with Gasteiger partial charge in [0.15, 0.2) is 0 Å². The lowest BCUT2D eigenvalue weighted by molar-refractivity contribution is 1.05. The first kappa shape index (κ1) is 9.93. The molecule has 76 valence electrons. The summed E-state index contributed by atoms with van der Waals surface area (Å²) in [6, 6.07) is 7.60. The average molecular weight is 220 g/mol. The minimum Gasteiger partial charge on any atom is -0.381 e. The number of hydrogen-bond donors (Lipinski definition) is 1. The molecular weight excluding hydrogens is 210 g/mol. The van der Waals surface area contributed by atoms with Crippen LogP contribution in [-0.2, 0) is 6.54 Å². The van der Waals surface area contributed by atoms with E-state index in [1.54, 1.807) is 12.4 Å². The minimum absolute atomic E-state index is 0.696. The lowest BCUT2D eigenvalue weighted by Gasteiger charge is -2.05. The van der Waals surface area contributed by atoms with Gasteiger partial charge in [-0.2, -0.15) is 0 Å². The molecule has 0 spiro atoms. The Balaban J connectivity index is 1.99. The lowest BCUT2D eigenvalue weighted by Crippen LogP contribution is -1.99. The first-order valence-corrected chi connectivity index (χ1v) is 4.96. The molecule has 2 aromatic rings. The van der Waals surface area contributed by atoms with E-state index in [9.17, 15) is 0 Å². The van der Waals surface area contributed by atoms with Crippen molar-refractivity contribution in [1.82, 2.24) is 9.97 Å². The van der Waals surface area contributed by atoms with Gasteiger partial charge in [0, 0.05) is 35.2 Å². The van der Waals surface area contributed by atoms with Crippen LogP contribution in [0.15, 0.2) is 43.0 Å². The molecule has 1 N–H and O–H groups in total. The third kappa shape index (κ3) is 2.92. The van der Waals surface area contributed by atoms with Crippen LogP contribution in [0.4, 0.5) is 5.69 Å². The molecule has 3 nitrogen and oxygen atoms in total. The van der Waals surface area contributed by atoms with Gasteiger partial charge in [0.1, 0.15) is 6.33 Å². The molecule has 0 saturated carbocycles. The maximum atomic E-state index is 5.86. The molecule has 0 amide bonds. The van der Waals surface area contributed by atoms with Crippen molar-refractivity contribution >= 4 is 17.3 Å². The van der Waals surface area contributed by atoms with E-state index >= 15 is 0 Å². The van der Waals surface area contributed by atoms with E-state index in [2.05, 4.69) is 15.3 Å². The van der Waals surface area contributed by atoms with Crippen LogP contribution in [0.5, 0.6) is 0 Å². The Morgan fingerprint density at radius 3 is 2.73 bits per heavy atom. The van der Waals surface area contributed by atoms with Gasteiger partial charge in [0.25, 0.3) is 0 Å². The van der Waals surface area contributed by atoms with Crippen LogP contribution in [0.2, 0.25) is 5.02 Å². The molecule has 0 radical (unpaired) electrons. The zero-order valence-electron chi connectivity index (χ0n) is 8.02. The fourth-order valence-corrected chi connectivity index (χ4v) is 1.41. The third-order valence-corrected chi connectivity index (χ3v) is 2.17. The van der Waals surface area contributed by atoms with Crippen molar-refractivity contribution in [2.45, 2.75) is 6.54 Å². The molecule has 15 heavy (non-hydrogen) atoms. The van der Waals surface area contributed by atoms with Crippen molar-refractivity contribution in [2.24, 2.45) is 0 Å². The highest BCUT2D eigenvalue weighted by molar-refractivity contribution is 6.30. The molecule has 4 heteroatoms. The predicted molar refractivity (Wildman–Crippen MR) is 60.8 cm³/mol. The Bertz CT molecular complexity index is 431. The molecule has 2 rings (SSSR count). The van der Waals surface area contributed by atoms with Crippen LogP contribution in [-0.4, -0.2) is 9.97 Å². The zero-order chi connectivity index (χ0) is 10.5. The third-order valence-electron chi connectivity index (χ3n) is 1.94. The maximum Gasteiger partial charge on any atom is 0.115 e. The second-order valence-electron chi connectivity index (χ2n) is 3.11. The molecule has 0 aliphatic heterocycles. The second-order valence-corrected chi connectivity index (χ2v) is 3.55. The normalized spacial score (nSPS) is 9.93. The van der Waals surface area contributed by atoms with Crippen LogP contribution in [0.25, 0.3) is 0 Å². The molecule has 1 aromatic carbocycles. The lowest BCUT2D eigenvalue weighted by atomic mass is 10.3. The van der Waals surface area contributed by atoms with Gasteiger partial charge in [-0.15, -0.1) is 0 Å². The number of anilines is 1. The molecule has 0 bridgehead atoms. The summed E-state index contributed by atoms with van der Waals surface area (Å²) >= 11 is 5.86. The monoisotopic (exact) mass is 219 g/mol. The smallest absolute Gasteiger partial charge is 0.115 e. The molecular formula is C11H10ClN3. The second kappa shape index (κ2) is 4.75. The molecule has 0 saturated heterocycles. The minimum atomic E-state index is 0.696. The largest absolute Gasteiger partial charge is 0.381 e. The van der Waals surface area contributed by atoms with Gasteiger partial charge in [0.05, 0.1) is 0 Å². The summed E-state index contributed by atoms with van der Waals surface area (Å²) in [6.07, 6.45) is 5.08. The summed E-state index contributed by atoms with van der Waals surface area (Å²) < 4.78 is 0. The van der Waals surface area contributed by atoms with Gasteiger partial charge in [-0.3, -0.25) is 0 Å². The average Bonchev–Trinajstić information content (AvgIpc) is 2.28. The molecule has 1 heterocycles. The number of benzene rings is 1. The summed E-state index contributed by atoms with van der Waals surface area (Å²) in [5.74, 6) is 0. The van der Waals surface area contributed by atoms with Crippen LogP contribution in [0, 0.1) is 0 Å². The Kier molecular flexibility index (Phi) is 3.15. The summed E-state index contributed by atoms with van der Waals surface area (Å²) in [5, 5.41) is 3.96. The number of aromatic nitrogens is 2. The zero-order valence-corrected chi connectivity index (χ0v) is 8.78. The van der Waals surface area contributed by atoms with E-state index in [4.69, 9.17) is 11.6 Å². The summed E-state index contributed by atoms with van der Waals surface area (Å²) in [5.41, 5.74) is 2.03. The van der Waals surface area contributed by atoms with Crippen LogP contribution >= 0.6 is 11.6 Å². The van der Waals surface area contributed by atoms with Gasteiger partial charge >= 0.3 is 0 Å².